The first kappa shape index (κ1) is 15.8. The molecule has 2 rings (SSSR count). The first-order valence-corrected chi connectivity index (χ1v) is 8.02. The molecule has 0 bridgehead atoms. The smallest absolute Gasteiger partial charge is 0.224 e. The van der Waals surface area contributed by atoms with Crippen LogP contribution in [0.25, 0.3) is 0 Å². The first-order chi connectivity index (χ1) is 10.1. The number of thiazole rings is 1. The highest BCUT2D eigenvalue weighted by molar-refractivity contribution is 7.15. The van der Waals surface area contributed by atoms with Crippen LogP contribution in [0.15, 0.2) is 24.4 Å². The van der Waals surface area contributed by atoms with Crippen LogP contribution in [0.3, 0.4) is 0 Å². The van der Waals surface area contributed by atoms with E-state index in [1.165, 1.54) is 11.3 Å². The lowest BCUT2D eigenvalue weighted by Crippen LogP contribution is -2.12. The van der Waals surface area contributed by atoms with E-state index in [4.69, 9.17) is 11.6 Å². The van der Waals surface area contributed by atoms with Crippen LogP contribution < -0.4 is 10.6 Å². The highest BCUT2D eigenvalue weighted by Gasteiger charge is 2.07. The van der Waals surface area contributed by atoms with Crippen molar-refractivity contribution in [2.45, 2.75) is 33.2 Å². The minimum Gasteiger partial charge on any atom is -0.378 e. The summed E-state index contributed by atoms with van der Waals surface area (Å²) in [6, 6.07) is 5.92. The molecule has 0 aliphatic carbocycles. The van der Waals surface area contributed by atoms with Crippen LogP contribution in [0.2, 0.25) is 4.47 Å². The van der Waals surface area contributed by atoms with Crippen molar-refractivity contribution in [2.24, 2.45) is 0 Å². The Hall–Kier alpha value is -1.59. The van der Waals surface area contributed by atoms with Crippen molar-refractivity contribution in [3.8, 4) is 0 Å². The van der Waals surface area contributed by atoms with Gasteiger partial charge < -0.3 is 10.6 Å². The Morgan fingerprint density at radius 1 is 1.38 bits per heavy atom. The van der Waals surface area contributed by atoms with Gasteiger partial charge in [-0.15, -0.1) is 11.3 Å². The van der Waals surface area contributed by atoms with Crippen molar-refractivity contribution in [1.82, 2.24) is 4.98 Å². The molecule has 1 heterocycles. The highest BCUT2D eigenvalue weighted by Crippen LogP contribution is 2.25. The van der Waals surface area contributed by atoms with Crippen LogP contribution in [-0.2, 0) is 11.3 Å². The number of halogens is 1. The van der Waals surface area contributed by atoms with Crippen molar-refractivity contribution in [2.75, 3.05) is 10.6 Å². The molecule has 0 fully saturated rings. The third kappa shape index (κ3) is 4.72. The predicted octanol–water partition coefficient (Wildman–Crippen LogP) is 4.46. The average Bonchev–Trinajstić information content (AvgIpc) is 2.85. The van der Waals surface area contributed by atoms with Crippen LogP contribution in [-0.4, -0.2) is 10.9 Å². The molecule has 0 unspecified atom stereocenters. The van der Waals surface area contributed by atoms with E-state index in [9.17, 15) is 4.79 Å². The molecule has 4 nitrogen and oxygen atoms in total. The van der Waals surface area contributed by atoms with Crippen LogP contribution >= 0.6 is 22.9 Å². The largest absolute Gasteiger partial charge is 0.378 e. The number of benzene rings is 1. The molecular weight excluding hydrogens is 306 g/mol. The lowest BCUT2D eigenvalue weighted by molar-refractivity contribution is -0.116. The number of anilines is 2. The summed E-state index contributed by atoms with van der Waals surface area (Å²) >= 11 is 7.27. The second-order valence-corrected chi connectivity index (χ2v) is 6.48. The van der Waals surface area contributed by atoms with Crippen molar-refractivity contribution < 1.29 is 4.79 Å². The van der Waals surface area contributed by atoms with Gasteiger partial charge in [0.05, 0.1) is 17.9 Å². The zero-order chi connectivity index (χ0) is 15.2. The molecule has 0 radical (unpaired) electrons. The zero-order valence-corrected chi connectivity index (χ0v) is 13.6. The Bertz CT molecular complexity index is 627. The maximum absolute atomic E-state index is 11.8. The van der Waals surface area contributed by atoms with E-state index in [-0.39, 0.29) is 5.91 Å². The third-order valence-corrected chi connectivity index (χ3v) is 4.02. The number of hydrogen-bond donors (Lipinski definition) is 2. The molecule has 0 spiro atoms. The zero-order valence-electron chi connectivity index (χ0n) is 12.1. The van der Waals surface area contributed by atoms with E-state index in [1.807, 2.05) is 32.0 Å². The summed E-state index contributed by atoms with van der Waals surface area (Å²) in [5.41, 5.74) is 2.84. The fourth-order valence-corrected chi connectivity index (χ4v) is 2.82. The number of nitrogens with one attached hydrogen (secondary N) is 2. The van der Waals surface area contributed by atoms with Gasteiger partial charge in [0.2, 0.25) is 5.91 Å². The van der Waals surface area contributed by atoms with Crippen molar-refractivity contribution in [3.05, 3.63) is 39.3 Å². The Kier molecular flexibility index (Phi) is 5.59. The van der Waals surface area contributed by atoms with Gasteiger partial charge in [0.15, 0.2) is 4.47 Å². The minimum atomic E-state index is 0.0326. The van der Waals surface area contributed by atoms with E-state index < -0.39 is 0 Å². The second-order valence-electron chi connectivity index (χ2n) is 4.78. The van der Waals surface area contributed by atoms with Crippen molar-refractivity contribution in [3.63, 3.8) is 0 Å². The fourth-order valence-electron chi connectivity index (χ4n) is 1.90. The monoisotopic (exact) mass is 323 g/mol. The van der Waals surface area contributed by atoms with Gasteiger partial charge >= 0.3 is 0 Å². The third-order valence-electron chi connectivity index (χ3n) is 2.90. The minimum absolute atomic E-state index is 0.0326. The molecule has 2 aromatic rings. The van der Waals surface area contributed by atoms with Crippen LogP contribution in [0.1, 0.15) is 30.2 Å². The van der Waals surface area contributed by atoms with Gasteiger partial charge in [0, 0.05) is 17.5 Å². The lowest BCUT2D eigenvalue weighted by atomic mass is 10.2. The van der Waals surface area contributed by atoms with Gasteiger partial charge in [-0.25, -0.2) is 4.98 Å². The number of nitrogens with zero attached hydrogens (tertiary/aromatic N) is 1. The number of aryl methyl sites for hydroxylation is 1. The molecule has 112 valence electrons. The number of rotatable bonds is 6. The molecule has 0 saturated heterocycles. The predicted molar refractivity (Wildman–Crippen MR) is 89.2 cm³/mol. The fraction of sp³-hybridized carbons (Fsp3) is 0.333. The summed E-state index contributed by atoms with van der Waals surface area (Å²) in [6.07, 6.45) is 3.11. The van der Waals surface area contributed by atoms with Gasteiger partial charge in [0.25, 0.3) is 0 Å². The first-order valence-electron chi connectivity index (χ1n) is 6.83. The molecule has 0 atom stereocenters. The molecule has 0 aliphatic rings. The number of carbonyl (C=O) groups excluding carboxylic acids is 1. The van der Waals surface area contributed by atoms with Crippen LogP contribution in [0.5, 0.6) is 0 Å². The summed E-state index contributed by atoms with van der Waals surface area (Å²) in [6.45, 7) is 4.64. The van der Waals surface area contributed by atoms with Gasteiger partial charge in [-0.3, -0.25) is 4.79 Å². The molecule has 0 saturated carbocycles. The summed E-state index contributed by atoms with van der Waals surface area (Å²) in [5.74, 6) is 0.0326. The molecule has 2 N–H and O–H groups in total. The second kappa shape index (κ2) is 7.43. The lowest BCUT2D eigenvalue weighted by Gasteiger charge is -2.13. The standard InChI is InChI=1S/C15H18ClN3OS/c1-3-4-14(20)19-12-6-5-10(2)7-13(12)17-8-11-9-18-15(16)21-11/h5-7,9,17H,3-4,8H2,1-2H3,(H,19,20). The maximum atomic E-state index is 11.8. The number of hydrogen-bond acceptors (Lipinski definition) is 4. The molecule has 0 aliphatic heterocycles. The van der Waals surface area contributed by atoms with Gasteiger partial charge in [-0.1, -0.05) is 24.6 Å². The quantitative estimate of drug-likeness (QED) is 0.825. The van der Waals surface area contributed by atoms with E-state index in [1.54, 1.807) is 6.20 Å². The molecule has 1 aromatic heterocycles. The van der Waals surface area contributed by atoms with Crippen molar-refractivity contribution in [1.29, 1.82) is 0 Å². The Balaban J connectivity index is 2.09. The highest BCUT2D eigenvalue weighted by atomic mass is 35.5. The maximum Gasteiger partial charge on any atom is 0.224 e. The van der Waals surface area contributed by atoms with E-state index in [0.29, 0.717) is 17.4 Å². The van der Waals surface area contributed by atoms with Gasteiger partial charge in [-0.05, 0) is 31.0 Å². The summed E-state index contributed by atoms with van der Waals surface area (Å²) in [5, 5.41) is 6.27. The molecule has 1 amide bonds. The summed E-state index contributed by atoms with van der Waals surface area (Å²) < 4.78 is 0.535. The van der Waals surface area contributed by atoms with Gasteiger partial charge in [0.1, 0.15) is 0 Å². The summed E-state index contributed by atoms with van der Waals surface area (Å²) in [4.78, 5) is 16.8. The van der Waals surface area contributed by atoms with Crippen molar-refractivity contribution >= 4 is 40.2 Å². The summed E-state index contributed by atoms with van der Waals surface area (Å²) in [7, 11) is 0. The Morgan fingerprint density at radius 3 is 2.86 bits per heavy atom. The SMILES string of the molecule is CCCC(=O)Nc1ccc(C)cc1NCc1cnc(Cl)s1. The number of aromatic nitrogens is 1. The number of amides is 1. The Labute approximate surface area is 133 Å². The van der Waals surface area contributed by atoms with E-state index in [2.05, 4.69) is 15.6 Å². The Morgan fingerprint density at radius 2 is 2.19 bits per heavy atom. The van der Waals surface area contributed by atoms with Crippen LogP contribution in [0, 0.1) is 6.92 Å². The van der Waals surface area contributed by atoms with E-state index in [0.717, 1.165) is 28.2 Å². The van der Waals surface area contributed by atoms with Gasteiger partial charge in [-0.2, -0.15) is 0 Å². The molecule has 21 heavy (non-hydrogen) atoms. The number of carbonyl (C=O) groups is 1. The topological polar surface area (TPSA) is 54.0 Å². The normalized spacial score (nSPS) is 10.4. The molecule has 1 aromatic carbocycles. The molecular formula is C15H18ClN3OS. The van der Waals surface area contributed by atoms with E-state index >= 15 is 0 Å². The molecule has 6 heteroatoms. The van der Waals surface area contributed by atoms with Crippen LogP contribution in [0.4, 0.5) is 11.4 Å². The average molecular weight is 324 g/mol.